The molecule has 4 aromatic rings. The predicted octanol–water partition coefficient (Wildman–Crippen LogP) is 5.31. The van der Waals surface area contributed by atoms with Crippen molar-refractivity contribution < 1.29 is 4.74 Å². The summed E-state index contributed by atoms with van der Waals surface area (Å²) in [6, 6.07) is 10.8. The van der Waals surface area contributed by atoms with Crippen LogP contribution in [0, 0.1) is 0 Å². The highest BCUT2D eigenvalue weighted by Gasteiger charge is 2.15. The molecular weight excluding hydrogens is 455 g/mol. The van der Waals surface area contributed by atoms with Gasteiger partial charge >= 0.3 is 0 Å². The molecule has 0 radical (unpaired) electrons. The molecule has 0 saturated heterocycles. The molecule has 0 aliphatic rings. The second-order valence-electron chi connectivity index (χ2n) is 7.07. The fourth-order valence-electron chi connectivity index (χ4n) is 3.43. The summed E-state index contributed by atoms with van der Waals surface area (Å²) < 4.78 is 9.20. The zero-order valence-electron chi connectivity index (χ0n) is 17.3. The van der Waals surface area contributed by atoms with E-state index in [2.05, 4.69) is 0 Å². The SMILES string of the molecule is CCOCCCn1c(SCc2nc3cc(Cl)ccc3n2C)nc2cc(Cl)ccc2c1=O. The van der Waals surface area contributed by atoms with Gasteiger partial charge in [-0.1, -0.05) is 35.0 Å². The summed E-state index contributed by atoms with van der Waals surface area (Å²) in [4.78, 5) is 22.6. The highest BCUT2D eigenvalue weighted by molar-refractivity contribution is 7.98. The number of ether oxygens (including phenoxy) is 1. The molecule has 2 aromatic heterocycles. The molecule has 0 spiro atoms. The Kier molecular flexibility index (Phi) is 6.86. The van der Waals surface area contributed by atoms with Crippen molar-refractivity contribution >= 4 is 56.9 Å². The van der Waals surface area contributed by atoms with Crippen molar-refractivity contribution in [3.8, 4) is 0 Å². The van der Waals surface area contributed by atoms with E-state index in [0.717, 1.165) is 23.3 Å². The fourth-order valence-corrected chi connectivity index (χ4v) is 4.77. The van der Waals surface area contributed by atoms with Gasteiger partial charge in [-0.15, -0.1) is 0 Å². The number of aryl methyl sites for hydroxylation is 1. The number of halogens is 2. The number of hydrogen-bond donors (Lipinski definition) is 0. The van der Waals surface area contributed by atoms with Gasteiger partial charge in [-0.3, -0.25) is 9.36 Å². The molecule has 0 bridgehead atoms. The van der Waals surface area contributed by atoms with Crippen molar-refractivity contribution in [3.63, 3.8) is 0 Å². The molecule has 31 heavy (non-hydrogen) atoms. The largest absolute Gasteiger partial charge is 0.382 e. The van der Waals surface area contributed by atoms with E-state index in [1.165, 1.54) is 11.8 Å². The van der Waals surface area contributed by atoms with Gasteiger partial charge in [0.25, 0.3) is 5.56 Å². The molecule has 0 amide bonds. The summed E-state index contributed by atoms with van der Waals surface area (Å²) in [6.07, 6.45) is 0.729. The lowest BCUT2D eigenvalue weighted by Gasteiger charge is -2.13. The molecular formula is C22H22Cl2N4O2S. The summed E-state index contributed by atoms with van der Waals surface area (Å²) in [5, 5.41) is 2.40. The minimum Gasteiger partial charge on any atom is -0.382 e. The Labute approximate surface area is 194 Å². The lowest BCUT2D eigenvalue weighted by Crippen LogP contribution is -2.24. The average molecular weight is 477 g/mol. The minimum absolute atomic E-state index is 0.0718. The third-order valence-corrected chi connectivity index (χ3v) is 6.47. The minimum atomic E-state index is -0.0718. The molecule has 2 heterocycles. The second kappa shape index (κ2) is 9.61. The van der Waals surface area contributed by atoms with Crippen LogP contribution >= 0.6 is 35.0 Å². The molecule has 0 aliphatic heterocycles. The first-order valence-electron chi connectivity index (χ1n) is 9.99. The zero-order chi connectivity index (χ0) is 22.0. The Balaban J connectivity index is 1.68. The molecule has 0 unspecified atom stereocenters. The number of thioether (sulfide) groups is 1. The van der Waals surface area contributed by atoms with Crippen LogP contribution in [0.1, 0.15) is 19.2 Å². The van der Waals surface area contributed by atoms with Crippen molar-refractivity contribution in [2.75, 3.05) is 13.2 Å². The first-order valence-corrected chi connectivity index (χ1v) is 11.7. The molecule has 6 nitrogen and oxygen atoms in total. The van der Waals surface area contributed by atoms with Gasteiger partial charge in [0, 0.05) is 36.9 Å². The first kappa shape index (κ1) is 22.1. The van der Waals surface area contributed by atoms with Crippen molar-refractivity contribution in [3.05, 3.63) is 62.6 Å². The van der Waals surface area contributed by atoms with Crippen molar-refractivity contribution in [2.45, 2.75) is 30.8 Å². The Morgan fingerprint density at radius 2 is 1.81 bits per heavy atom. The lowest BCUT2D eigenvalue weighted by molar-refractivity contribution is 0.140. The molecule has 0 N–H and O–H groups in total. The van der Waals surface area contributed by atoms with E-state index in [1.54, 1.807) is 22.8 Å². The van der Waals surface area contributed by atoms with Gasteiger partial charge < -0.3 is 9.30 Å². The van der Waals surface area contributed by atoms with Gasteiger partial charge in [0.2, 0.25) is 0 Å². The number of aromatic nitrogens is 4. The van der Waals surface area contributed by atoms with Gasteiger partial charge in [0.05, 0.1) is 27.7 Å². The quantitative estimate of drug-likeness (QED) is 0.196. The average Bonchev–Trinajstić information content (AvgIpc) is 3.05. The second-order valence-corrected chi connectivity index (χ2v) is 8.89. The van der Waals surface area contributed by atoms with E-state index >= 15 is 0 Å². The van der Waals surface area contributed by atoms with Crippen LogP contribution in [-0.2, 0) is 24.1 Å². The van der Waals surface area contributed by atoms with E-state index in [-0.39, 0.29) is 5.56 Å². The molecule has 162 valence electrons. The monoisotopic (exact) mass is 476 g/mol. The van der Waals surface area contributed by atoms with Crippen LogP contribution in [0.5, 0.6) is 0 Å². The molecule has 9 heteroatoms. The third-order valence-electron chi connectivity index (χ3n) is 5.02. The van der Waals surface area contributed by atoms with E-state index in [1.807, 2.05) is 36.7 Å². The molecule has 0 saturated carbocycles. The number of rotatable bonds is 8. The summed E-state index contributed by atoms with van der Waals surface area (Å²) in [6.45, 7) is 3.74. The maximum absolute atomic E-state index is 13.2. The molecule has 2 aromatic carbocycles. The summed E-state index contributed by atoms with van der Waals surface area (Å²) in [5.41, 5.74) is 2.38. The Morgan fingerprint density at radius 1 is 1.06 bits per heavy atom. The number of benzene rings is 2. The Bertz CT molecular complexity index is 1300. The van der Waals surface area contributed by atoms with Crippen LogP contribution in [0.3, 0.4) is 0 Å². The zero-order valence-corrected chi connectivity index (χ0v) is 19.6. The number of imidazole rings is 1. The molecule has 0 atom stereocenters. The van der Waals surface area contributed by atoms with E-state index in [9.17, 15) is 4.79 Å². The van der Waals surface area contributed by atoms with Crippen molar-refractivity contribution in [1.29, 1.82) is 0 Å². The Hall–Kier alpha value is -2.06. The standard InChI is InChI=1S/C22H22Cl2N4O2S/c1-3-30-10-4-9-28-21(29)16-7-5-14(23)11-17(16)26-22(28)31-13-20-25-18-12-15(24)6-8-19(18)27(20)2/h5-8,11-12H,3-4,9-10,13H2,1-2H3. The van der Waals surface area contributed by atoms with Crippen LogP contribution in [0.4, 0.5) is 0 Å². The summed E-state index contributed by atoms with van der Waals surface area (Å²) in [7, 11) is 1.97. The van der Waals surface area contributed by atoms with Gasteiger partial charge in [0.1, 0.15) is 5.82 Å². The van der Waals surface area contributed by atoms with Crippen LogP contribution < -0.4 is 5.56 Å². The fraction of sp³-hybridized carbons (Fsp3) is 0.318. The summed E-state index contributed by atoms with van der Waals surface area (Å²) in [5.74, 6) is 1.44. The van der Waals surface area contributed by atoms with Gasteiger partial charge in [-0.2, -0.15) is 0 Å². The van der Waals surface area contributed by atoms with Gasteiger partial charge in [-0.25, -0.2) is 9.97 Å². The van der Waals surface area contributed by atoms with E-state index in [0.29, 0.717) is 51.6 Å². The number of nitrogens with zero attached hydrogens (tertiary/aromatic N) is 4. The van der Waals surface area contributed by atoms with Crippen LogP contribution in [0.2, 0.25) is 10.0 Å². The molecule has 4 rings (SSSR count). The third kappa shape index (κ3) is 4.75. The van der Waals surface area contributed by atoms with Gasteiger partial charge in [-0.05, 0) is 49.7 Å². The van der Waals surface area contributed by atoms with Crippen molar-refractivity contribution in [2.24, 2.45) is 7.05 Å². The smallest absolute Gasteiger partial charge is 0.262 e. The molecule has 0 aliphatic carbocycles. The van der Waals surface area contributed by atoms with Crippen LogP contribution in [-0.4, -0.2) is 32.3 Å². The Morgan fingerprint density at radius 3 is 2.58 bits per heavy atom. The topological polar surface area (TPSA) is 61.9 Å². The van der Waals surface area contributed by atoms with E-state index in [4.69, 9.17) is 37.9 Å². The predicted molar refractivity (Wildman–Crippen MR) is 127 cm³/mol. The number of fused-ring (bicyclic) bond motifs is 2. The lowest BCUT2D eigenvalue weighted by atomic mass is 10.2. The number of hydrogen-bond acceptors (Lipinski definition) is 5. The first-order chi connectivity index (χ1) is 15.0. The highest BCUT2D eigenvalue weighted by atomic mass is 35.5. The highest BCUT2D eigenvalue weighted by Crippen LogP contribution is 2.26. The molecule has 0 fully saturated rings. The van der Waals surface area contributed by atoms with Crippen molar-refractivity contribution in [1.82, 2.24) is 19.1 Å². The van der Waals surface area contributed by atoms with Crippen LogP contribution in [0.15, 0.2) is 46.3 Å². The van der Waals surface area contributed by atoms with Crippen LogP contribution in [0.25, 0.3) is 21.9 Å². The maximum atomic E-state index is 13.2. The van der Waals surface area contributed by atoms with E-state index < -0.39 is 0 Å². The summed E-state index contributed by atoms with van der Waals surface area (Å²) >= 11 is 13.7. The normalized spacial score (nSPS) is 11.6. The maximum Gasteiger partial charge on any atom is 0.262 e. The van der Waals surface area contributed by atoms with Gasteiger partial charge in [0.15, 0.2) is 5.16 Å².